The number of carbonyl (C=O) groups is 1. The number of imidazole rings is 1. The van der Waals surface area contributed by atoms with Crippen molar-refractivity contribution in [2.24, 2.45) is 5.73 Å². The second-order valence-electron chi connectivity index (χ2n) is 5.60. The minimum Gasteiger partial charge on any atom is -0.347 e. The topological polar surface area (TPSA) is 83.8 Å². The van der Waals surface area contributed by atoms with E-state index in [1.165, 1.54) is 6.42 Å². The molecule has 0 bridgehead atoms. The lowest BCUT2D eigenvalue weighted by atomic mass is 9.82. The second kappa shape index (κ2) is 5.25. The fourth-order valence-corrected chi connectivity index (χ4v) is 2.84. The summed E-state index contributed by atoms with van der Waals surface area (Å²) in [7, 11) is 0. The van der Waals surface area contributed by atoms with Crippen molar-refractivity contribution in [1.29, 1.82) is 0 Å². The molecule has 4 N–H and O–H groups in total. The molecule has 0 radical (unpaired) electrons. The van der Waals surface area contributed by atoms with E-state index >= 15 is 0 Å². The van der Waals surface area contributed by atoms with Gasteiger partial charge < -0.3 is 16.0 Å². The maximum Gasteiger partial charge on any atom is 0.240 e. The number of carbonyl (C=O) groups excluding carboxylic acids is 1. The van der Waals surface area contributed by atoms with Crippen LogP contribution in [0.5, 0.6) is 0 Å². The van der Waals surface area contributed by atoms with Gasteiger partial charge in [-0.1, -0.05) is 31.4 Å². The van der Waals surface area contributed by atoms with Crippen molar-refractivity contribution >= 4 is 16.9 Å². The number of aromatic amines is 1. The Hall–Kier alpha value is -1.88. The lowest BCUT2D eigenvalue weighted by molar-refractivity contribution is -0.127. The molecule has 1 aliphatic carbocycles. The summed E-state index contributed by atoms with van der Waals surface area (Å²) in [6, 6.07) is 7.82. The standard InChI is InChI=1S/C15H20N4O/c16-15(8-4-1-5-9-15)14(20)17-10-13-18-11-6-2-3-7-12(11)19-13/h2-3,6-7H,1,4-5,8-10,16H2,(H,17,20)(H,18,19). The van der Waals surface area contributed by atoms with Gasteiger partial charge in [0.05, 0.1) is 23.1 Å². The number of benzene rings is 1. The van der Waals surface area contributed by atoms with Crippen molar-refractivity contribution in [1.82, 2.24) is 15.3 Å². The number of amides is 1. The van der Waals surface area contributed by atoms with Gasteiger partial charge in [-0.2, -0.15) is 0 Å². The summed E-state index contributed by atoms with van der Waals surface area (Å²) in [5.41, 5.74) is 7.41. The van der Waals surface area contributed by atoms with Crippen LogP contribution in [0.25, 0.3) is 11.0 Å². The van der Waals surface area contributed by atoms with Crippen LogP contribution in [-0.2, 0) is 11.3 Å². The normalized spacial score (nSPS) is 18.1. The molecule has 0 aliphatic heterocycles. The van der Waals surface area contributed by atoms with Gasteiger partial charge in [0.15, 0.2) is 0 Å². The Morgan fingerprint density at radius 2 is 2.05 bits per heavy atom. The third kappa shape index (κ3) is 2.54. The molecule has 3 rings (SSSR count). The average Bonchev–Trinajstić information content (AvgIpc) is 2.88. The Morgan fingerprint density at radius 1 is 1.30 bits per heavy atom. The van der Waals surface area contributed by atoms with E-state index in [-0.39, 0.29) is 5.91 Å². The van der Waals surface area contributed by atoms with Crippen molar-refractivity contribution in [3.63, 3.8) is 0 Å². The van der Waals surface area contributed by atoms with Gasteiger partial charge in [-0.3, -0.25) is 4.79 Å². The highest BCUT2D eigenvalue weighted by Gasteiger charge is 2.34. The summed E-state index contributed by atoms with van der Waals surface area (Å²) < 4.78 is 0. The molecule has 1 saturated carbocycles. The fraction of sp³-hybridized carbons (Fsp3) is 0.467. The van der Waals surface area contributed by atoms with Gasteiger partial charge in [-0.15, -0.1) is 0 Å². The number of hydrogen-bond acceptors (Lipinski definition) is 3. The predicted octanol–water partition coefficient (Wildman–Crippen LogP) is 1.84. The molecular formula is C15H20N4O. The molecule has 20 heavy (non-hydrogen) atoms. The van der Waals surface area contributed by atoms with Crippen LogP contribution in [-0.4, -0.2) is 21.4 Å². The summed E-state index contributed by atoms with van der Waals surface area (Å²) in [4.78, 5) is 19.9. The van der Waals surface area contributed by atoms with Crippen molar-refractivity contribution in [2.45, 2.75) is 44.2 Å². The maximum absolute atomic E-state index is 12.2. The first-order valence-electron chi connectivity index (χ1n) is 7.18. The van der Waals surface area contributed by atoms with Crippen LogP contribution >= 0.6 is 0 Å². The first-order chi connectivity index (χ1) is 9.67. The number of fused-ring (bicyclic) bond motifs is 1. The van der Waals surface area contributed by atoms with Gasteiger partial charge in [-0.05, 0) is 25.0 Å². The van der Waals surface area contributed by atoms with Crippen molar-refractivity contribution in [2.75, 3.05) is 0 Å². The smallest absolute Gasteiger partial charge is 0.240 e. The quantitative estimate of drug-likeness (QED) is 0.797. The maximum atomic E-state index is 12.2. The van der Waals surface area contributed by atoms with Crippen LogP contribution in [0.4, 0.5) is 0 Å². The summed E-state index contributed by atoms with van der Waals surface area (Å²) >= 11 is 0. The van der Waals surface area contributed by atoms with Gasteiger partial charge in [0, 0.05) is 0 Å². The first-order valence-corrected chi connectivity index (χ1v) is 7.18. The minimum absolute atomic E-state index is 0.0577. The van der Waals surface area contributed by atoms with Crippen molar-refractivity contribution in [3.8, 4) is 0 Å². The summed E-state index contributed by atoms with van der Waals surface area (Å²) in [6.45, 7) is 0.395. The van der Waals surface area contributed by atoms with Crippen LogP contribution in [0.15, 0.2) is 24.3 Å². The number of aromatic nitrogens is 2. The van der Waals surface area contributed by atoms with Crippen LogP contribution in [0.1, 0.15) is 37.9 Å². The monoisotopic (exact) mass is 272 g/mol. The summed E-state index contributed by atoms with van der Waals surface area (Å²) in [5, 5.41) is 2.91. The predicted molar refractivity (Wildman–Crippen MR) is 77.9 cm³/mol. The number of nitrogens with two attached hydrogens (primary N) is 1. The average molecular weight is 272 g/mol. The van der Waals surface area contributed by atoms with Crippen LogP contribution in [0.2, 0.25) is 0 Å². The molecule has 2 aromatic rings. The van der Waals surface area contributed by atoms with E-state index in [9.17, 15) is 4.79 Å². The molecule has 0 spiro atoms. The summed E-state index contributed by atoms with van der Waals surface area (Å²) in [5.74, 6) is 0.705. The number of nitrogens with one attached hydrogen (secondary N) is 2. The first kappa shape index (κ1) is 13.1. The molecule has 1 aromatic heterocycles. The van der Waals surface area contributed by atoms with E-state index in [0.29, 0.717) is 6.54 Å². The third-order valence-corrected chi connectivity index (χ3v) is 4.05. The Morgan fingerprint density at radius 3 is 2.80 bits per heavy atom. The molecule has 0 atom stereocenters. The Kier molecular flexibility index (Phi) is 3.44. The van der Waals surface area contributed by atoms with Crippen LogP contribution in [0.3, 0.4) is 0 Å². The molecule has 1 aromatic carbocycles. The van der Waals surface area contributed by atoms with Gasteiger partial charge in [0.1, 0.15) is 5.82 Å². The molecule has 1 aliphatic rings. The zero-order valence-corrected chi connectivity index (χ0v) is 11.5. The van der Waals surface area contributed by atoms with Gasteiger partial charge in [-0.25, -0.2) is 4.98 Å². The SMILES string of the molecule is NC1(C(=O)NCc2nc3ccccc3[nH]2)CCCCC1. The minimum atomic E-state index is -0.690. The lowest BCUT2D eigenvalue weighted by Gasteiger charge is -2.31. The molecule has 5 heteroatoms. The number of rotatable bonds is 3. The highest BCUT2D eigenvalue weighted by Crippen LogP contribution is 2.26. The molecule has 1 heterocycles. The van der Waals surface area contributed by atoms with Gasteiger partial charge in [0.25, 0.3) is 0 Å². The zero-order valence-electron chi connectivity index (χ0n) is 11.5. The van der Waals surface area contributed by atoms with E-state index in [1.807, 2.05) is 24.3 Å². The fourth-order valence-electron chi connectivity index (χ4n) is 2.84. The van der Waals surface area contributed by atoms with E-state index in [2.05, 4.69) is 15.3 Å². The van der Waals surface area contributed by atoms with Crippen LogP contribution < -0.4 is 11.1 Å². The number of para-hydroxylation sites is 2. The molecule has 1 fully saturated rings. The Labute approximate surface area is 118 Å². The molecule has 106 valence electrons. The van der Waals surface area contributed by atoms with Crippen molar-refractivity contribution < 1.29 is 4.79 Å². The van der Waals surface area contributed by atoms with Gasteiger partial charge >= 0.3 is 0 Å². The van der Waals surface area contributed by atoms with Gasteiger partial charge in [0.2, 0.25) is 5.91 Å². The highest BCUT2D eigenvalue weighted by molar-refractivity contribution is 5.86. The zero-order chi connectivity index (χ0) is 14.0. The molecule has 0 saturated heterocycles. The molecular weight excluding hydrogens is 252 g/mol. The van der Waals surface area contributed by atoms with E-state index < -0.39 is 5.54 Å². The summed E-state index contributed by atoms with van der Waals surface area (Å²) in [6.07, 6.45) is 4.80. The largest absolute Gasteiger partial charge is 0.347 e. The highest BCUT2D eigenvalue weighted by atomic mass is 16.2. The van der Waals surface area contributed by atoms with E-state index in [0.717, 1.165) is 42.5 Å². The van der Waals surface area contributed by atoms with Crippen LogP contribution in [0, 0.1) is 0 Å². The number of hydrogen-bond donors (Lipinski definition) is 3. The van der Waals surface area contributed by atoms with E-state index in [1.54, 1.807) is 0 Å². The Balaban J connectivity index is 1.65. The Bertz CT molecular complexity index is 580. The lowest BCUT2D eigenvalue weighted by Crippen LogP contribution is -2.54. The number of nitrogens with zero attached hydrogens (tertiary/aromatic N) is 1. The van der Waals surface area contributed by atoms with E-state index in [4.69, 9.17) is 5.73 Å². The number of H-pyrrole nitrogens is 1. The molecule has 1 amide bonds. The second-order valence-corrected chi connectivity index (χ2v) is 5.60. The molecule has 5 nitrogen and oxygen atoms in total. The third-order valence-electron chi connectivity index (χ3n) is 4.05. The molecule has 0 unspecified atom stereocenters. The van der Waals surface area contributed by atoms with Crippen molar-refractivity contribution in [3.05, 3.63) is 30.1 Å².